The third kappa shape index (κ3) is 4.36. The molecule has 0 aliphatic heterocycles. The van der Waals surface area contributed by atoms with Crippen LogP contribution in [0.1, 0.15) is 24.4 Å². The highest BCUT2D eigenvalue weighted by Crippen LogP contribution is 2.19. The quantitative estimate of drug-likeness (QED) is 0.763. The fourth-order valence-electron chi connectivity index (χ4n) is 1.96. The maximum absolute atomic E-state index is 12.0. The number of rotatable bonds is 6. The first-order chi connectivity index (χ1) is 9.79. The van der Waals surface area contributed by atoms with Gasteiger partial charge in [-0.05, 0) is 35.9 Å². The van der Waals surface area contributed by atoms with E-state index in [1.54, 1.807) is 0 Å². The van der Waals surface area contributed by atoms with E-state index in [0.29, 0.717) is 12.8 Å². The summed E-state index contributed by atoms with van der Waals surface area (Å²) in [5, 5.41) is 17.5. The summed E-state index contributed by atoms with van der Waals surface area (Å²) in [5.74, 6) is 0. The van der Waals surface area contributed by atoms with E-state index in [9.17, 15) is 4.79 Å². The minimum absolute atomic E-state index is 0.0942. The Kier molecular flexibility index (Phi) is 5.58. The zero-order chi connectivity index (χ0) is 14.2. The lowest BCUT2D eigenvalue weighted by molar-refractivity contribution is 0.244. The van der Waals surface area contributed by atoms with Crippen LogP contribution in [0.4, 0.5) is 9.80 Å². The smallest absolute Gasteiger partial charge is 0.320 e. The van der Waals surface area contributed by atoms with E-state index in [2.05, 4.69) is 10.6 Å². The van der Waals surface area contributed by atoms with Crippen LogP contribution in [-0.4, -0.2) is 17.7 Å². The van der Waals surface area contributed by atoms with Crippen LogP contribution in [0.2, 0.25) is 0 Å². The number of hydrogen-bond acceptors (Lipinski definition) is 3. The molecule has 1 aromatic carbocycles. The van der Waals surface area contributed by atoms with E-state index in [1.807, 2.05) is 47.8 Å². The molecule has 0 radical (unpaired) electrons. The van der Waals surface area contributed by atoms with Crippen molar-refractivity contribution in [3.05, 3.63) is 53.4 Å². The Balaban J connectivity index is 1.98. The molecule has 20 heavy (non-hydrogen) atoms. The van der Waals surface area contributed by atoms with Crippen LogP contribution >= 0.6 is 11.3 Å². The van der Waals surface area contributed by atoms with E-state index in [0.717, 1.165) is 10.6 Å². The van der Waals surface area contributed by atoms with E-state index >= 15 is 0 Å². The van der Waals surface area contributed by atoms with Crippen molar-refractivity contribution in [1.82, 2.24) is 5.32 Å². The lowest BCUT2D eigenvalue weighted by Gasteiger charge is -2.19. The highest BCUT2D eigenvalue weighted by Gasteiger charge is 2.14. The predicted octanol–water partition coefficient (Wildman–Crippen LogP) is 3.38. The van der Waals surface area contributed by atoms with Crippen molar-refractivity contribution < 1.29 is 9.90 Å². The fourth-order valence-corrected chi connectivity index (χ4v) is 2.57. The molecular weight excluding hydrogens is 272 g/mol. The molecule has 3 N–H and O–H groups in total. The second-order valence-corrected chi connectivity index (χ2v) is 5.35. The first-order valence-electron chi connectivity index (χ1n) is 6.56. The molecule has 0 bridgehead atoms. The standard InChI is InChI=1S/C15H18N2O2S/c18-10-4-8-13(12-6-2-1-3-7-12)16-15(19)17-14-9-5-11-20-14/h1-3,5-7,9,11,13,18H,4,8,10H2,(H2,16,17,19)/t13-/m1/s1. The second kappa shape index (κ2) is 7.67. The molecule has 1 aromatic heterocycles. The van der Waals surface area contributed by atoms with E-state index in [-0.39, 0.29) is 18.7 Å². The molecule has 0 aliphatic carbocycles. The van der Waals surface area contributed by atoms with Crippen LogP contribution in [0.15, 0.2) is 47.8 Å². The number of benzene rings is 1. The number of anilines is 1. The van der Waals surface area contributed by atoms with Crippen LogP contribution in [0.3, 0.4) is 0 Å². The van der Waals surface area contributed by atoms with Gasteiger partial charge >= 0.3 is 6.03 Å². The normalized spacial score (nSPS) is 11.8. The summed E-state index contributed by atoms with van der Waals surface area (Å²) in [6.45, 7) is 0.123. The zero-order valence-electron chi connectivity index (χ0n) is 11.1. The van der Waals surface area contributed by atoms with Gasteiger partial charge in [-0.25, -0.2) is 4.79 Å². The maximum atomic E-state index is 12.0. The van der Waals surface area contributed by atoms with Crippen LogP contribution < -0.4 is 10.6 Å². The summed E-state index contributed by atoms with van der Waals surface area (Å²) in [6, 6.07) is 13.2. The third-order valence-electron chi connectivity index (χ3n) is 2.92. The van der Waals surface area contributed by atoms with Gasteiger partial charge in [0.1, 0.15) is 0 Å². The molecule has 0 unspecified atom stereocenters. The highest BCUT2D eigenvalue weighted by molar-refractivity contribution is 7.14. The van der Waals surface area contributed by atoms with Crippen molar-refractivity contribution in [1.29, 1.82) is 0 Å². The number of carbonyl (C=O) groups excluding carboxylic acids is 1. The fraction of sp³-hybridized carbons (Fsp3) is 0.267. The van der Waals surface area contributed by atoms with Gasteiger partial charge in [0, 0.05) is 6.61 Å². The van der Waals surface area contributed by atoms with Crippen molar-refractivity contribution in [3.63, 3.8) is 0 Å². The Morgan fingerprint density at radius 1 is 1.20 bits per heavy atom. The molecule has 0 fully saturated rings. The Morgan fingerprint density at radius 3 is 2.65 bits per heavy atom. The van der Waals surface area contributed by atoms with Gasteiger partial charge in [-0.3, -0.25) is 5.32 Å². The van der Waals surface area contributed by atoms with Gasteiger partial charge in [0.05, 0.1) is 11.0 Å². The second-order valence-electron chi connectivity index (χ2n) is 4.40. The van der Waals surface area contributed by atoms with Crippen LogP contribution in [0, 0.1) is 0 Å². The highest BCUT2D eigenvalue weighted by atomic mass is 32.1. The summed E-state index contributed by atoms with van der Waals surface area (Å²) in [4.78, 5) is 12.0. The molecule has 106 valence electrons. The molecule has 1 heterocycles. The SMILES string of the molecule is O=C(Nc1cccs1)N[C@H](CCCO)c1ccccc1. The maximum Gasteiger partial charge on any atom is 0.320 e. The monoisotopic (exact) mass is 290 g/mol. The Morgan fingerprint density at radius 2 is 2.00 bits per heavy atom. The molecule has 2 rings (SSSR count). The lowest BCUT2D eigenvalue weighted by Crippen LogP contribution is -2.32. The Labute approximate surface area is 122 Å². The number of hydrogen-bond donors (Lipinski definition) is 3. The van der Waals surface area contributed by atoms with Gasteiger partial charge in [0.25, 0.3) is 0 Å². The first kappa shape index (κ1) is 14.6. The van der Waals surface area contributed by atoms with E-state index in [1.165, 1.54) is 11.3 Å². The number of carbonyl (C=O) groups is 1. The molecule has 0 aliphatic rings. The molecule has 4 nitrogen and oxygen atoms in total. The van der Waals surface area contributed by atoms with Gasteiger partial charge in [0.15, 0.2) is 0 Å². The van der Waals surface area contributed by atoms with Gasteiger partial charge < -0.3 is 10.4 Å². The number of thiophene rings is 1. The number of aliphatic hydroxyl groups excluding tert-OH is 1. The average Bonchev–Trinajstić information content (AvgIpc) is 2.97. The Hall–Kier alpha value is -1.85. The summed E-state index contributed by atoms with van der Waals surface area (Å²) in [6.07, 6.45) is 1.36. The summed E-state index contributed by atoms with van der Waals surface area (Å²) >= 11 is 1.48. The van der Waals surface area contributed by atoms with Crippen molar-refractivity contribution in [2.75, 3.05) is 11.9 Å². The van der Waals surface area contributed by atoms with Gasteiger partial charge in [-0.1, -0.05) is 30.3 Å². The molecule has 1 atom stereocenters. The number of aliphatic hydroxyl groups is 1. The van der Waals surface area contributed by atoms with Crippen molar-refractivity contribution in [2.45, 2.75) is 18.9 Å². The van der Waals surface area contributed by atoms with E-state index in [4.69, 9.17) is 5.11 Å². The minimum atomic E-state index is -0.223. The molecule has 0 saturated carbocycles. The van der Waals surface area contributed by atoms with E-state index < -0.39 is 0 Å². The summed E-state index contributed by atoms with van der Waals surface area (Å²) < 4.78 is 0. The number of amides is 2. The van der Waals surface area contributed by atoms with Gasteiger partial charge in [-0.2, -0.15) is 0 Å². The molecule has 2 aromatic rings. The molecular formula is C15H18N2O2S. The molecule has 0 spiro atoms. The summed E-state index contributed by atoms with van der Waals surface area (Å²) in [5.41, 5.74) is 1.04. The molecule has 2 amide bonds. The Bertz CT molecular complexity index is 514. The first-order valence-corrected chi connectivity index (χ1v) is 7.44. The number of urea groups is 1. The lowest BCUT2D eigenvalue weighted by atomic mass is 10.0. The predicted molar refractivity (Wildman–Crippen MR) is 82.0 cm³/mol. The largest absolute Gasteiger partial charge is 0.396 e. The van der Waals surface area contributed by atoms with Crippen molar-refractivity contribution >= 4 is 22.4 Å². The van der Waals surface area contributed by atoms with Crippen molar-refractivity contribution in [2.24, 2.45) is 0 Å². The molecule has 0 saturated heterocycles. The third-order valence-corrected chi connectivity index (χ3v) is 3.70. The number of nitrogens with one attached hydrogen (secondary N) is 2. The van der Waals surface area contributed by atoms with Gasteiger partial charge in [0.2, 0.25) is 0 Å². The average molecular weight is 290 g/mol. The van der Waals surface area contributed by atoms with Gasteiger partial charge in [-0.15, -0.1) is 11.3 Å². The van der Waals surface area contributed by atoms with Crippen LogP contribution in [0.5, 0.6) is 0 Å². The molecule has 5 heteroatoms. The van der Waals surface area contributed by atoms with Crippen LogP contribution in [-0.2, 0) is 0 Å². The zero-order valence-corrected chi connectivity index (χ0v) is 11.9. The topological polar surface area (TPSA) is 61.4 Å². The van der Waals surface area contributed by atoms with Crippen LogP contribution in [0.25, 0.3) is 0 Å². The van der Waals surface area contributed by atoms with Crippen molar-refractivity contribution in [3.8, 4) is 0 Å². The minimum Gasteiger partial charge on any atom is -0.396 e. The summed E-state index contributed by atoms with van der Waals surface area (Å²) in [7, 11) is 0.